The maximum Gasteiger partial charge on any atom is 0.143 e. The highest BCUT2D eigenvalue weighted by Crippen LogP contribution is 2.54. The summed E-state index contributed by atoms with van der Waals surface area (Å²) < 4.78 is 20.5. The van der Waals surface area contributed by atoms with E-state index in [-0.39, 0.29) is 0 Å². The number of nitrogen functional groups attached to an aromatic ring is 1. The number of rotatable bonds is 1. The maximum absolute atomic E-state index is 7.03. The van der Waals surface area contributed by atoms with Gasteiger partial charge in [0.1, 0.15) is 16.7 Å². The van der Waals surface area contributed by atoms with Crippen molar-refractivity contribution in [1.29, 1.82) is 0 Å². The average molecular weight is 502 g/mol. The zero-order valence-electron chi connectivity index (χ0n) is 18.7. The number of hydrogen-bond donors (Lipinski definition) is 1. The predicted molar refractivity (Wildman–Crippen MR) is 154 cm³/mol. The first-order valence-electron chi connectivity index (χ1n) is 11.5. The molecule has 0 aliphatic carbocycles. The molecule has 36 heavy (non-hydrogen) atoms. The van der Waals surface area contributed by atoms with Gasteiger partial charge in [-0.1, -0.05) is 12.7 Å². The van der Waals surface area contributed by atoms with Gasteiger partial charge in [0.25, 0.3) is 0 Å². The van der Waals surface area contributed by atoms with Crippen LogP contribution in [0.2, 0.25) is 0 Å². The molecule has 0 radical (unpaired) electrons. The van der Waals surface area contributed by atoms with E-state index in [4.69, 9.17) is 19.0 Å². The summed E-state index contributed by atoms with van der Waals surface area (Å²) in [6, 6.07) is 10.5. The van der Waals surface area contributed by atoms with Crippen LogP contribution in [0.4, 0.5) is 5.69 Å². The molecule has 0 aliphatic heterocycles. The Morgan fingerprint density at radius 3 is 1.58 bits per heavy atom. The van der Waals surface area contributed by atoms with Gasteiger partial charge in [0.2, 0.25) is 0 Å². The van der Waals surface area contributed by atoms with Crippen LogP contribution in [-0.4, -0.2) is 0 Å². The predicted octanol–water partition coefficient (Wildman–Crippen LogP) is 10.0. The molecule has 5 heterocycles. The van der Waals surface area contributed by atoms with E-state index in [1.54, 1.807) is 47.5 Å². The molecule has 0 amide bonds. The average Bonchev–Trinajstić information content (AvgIpc) is 3.72. The van der Waals surface area contributed by atoms with E-state index in [1.807, 2.05) is 6.07 Å². The van der Waals surface area contributed by atoms with Gasteiger partial charge in [-0.15, -0.1) is 22.7 Å². The molecular weight excluding hydrogens is 486 g/mol. The summed E-state index contributed by atoms with van der Waals surface area (Å²) in [5.41, 5.74) is 11.1. The topological polar surface area (TPSA) is 65.4 Å². The molecule has 0 saturated carbocycles. The van der Waals surface area contributed by atoms with E-state index in [0.29, 0.717) is 5.69 Å². The Balaban J connectivity index is 1.84. The molecule has 0 saturated heterocycles. The Kier molecular flexibility index (Phi) is 3.32. The van der Waals surface area contributed by atoms with Gasteiger partial charge in [-0.3, -0.25) is 0 Å². The Morgan fingerprint density at radius 1 is 0.583 bits per heavy atom. The van der Waals surface area contributed by atoms with Crippen LogP contribution in [-0.2, 0) is 0 Å². The monoisotopic (exact) mass is 501 g/mol. The standard InChI is InChI=1S/C30H15NO3S2/c1-2-13-25(31)22-19(14-3-8-32-26(13)14)23-21(16-5-10-34-28(16)18-7-12-36-30(18)23)24-20(22)15-4-9-33-27(15)17-6-11-35-29(17)24/h2-12H,1,31H2. The van der Waals surface area contributed by atoms with Crippen molar-refractivity contribution in [3.8, 4) is 0 Å². The highest BCUT2D eigenvalue weighted by Gasteiger charge is 2.26. The second-order valence-electron chi connectivity index (χ2n) is 9.10. The minimum atomic E-state index is 0.671. The fourth-order valence-electron chi connectivity index (χ4n) is 6.25. The van der Waals surface area contributed by atoms with E-state index in [0.717, 1.165) is 65.4 Å². The van der Waals surface area contributed by atoms with Crippen LogP contribution in [0, 0.1) is 0 Å². The third-order valence-corrected chi connectivity index (χ3v) is 9.45. The van der Waals surface area contributed by atoms with E-state index < -0.39 is 0 Å². The summed E-state index contributed by atoms with van der Waals surface area (Å²) in [6.07, 6.45) is 7.10. The molecule has 0 unspecified atom stereocenters. The highest BCUT2D eigenvalue weighted by molar-refractivity contribution is 7.19. The van der Waals surface area contributed by atoms with Crippen molar-refractivity contribution in [2.24, 2.45) is 0 Å². The third kappa shape index (κ3) is 1.97. The number of fused-ring (bicyclic) bond motifs is 18. The number of nitrogens with two attached hydrogens (primary N) is 1. The second kappa shape index (κ2) is 6.29. The van der Waals surface area contributed by atoms with Crippen molar-refractivity contribution in [2.45, 2.75) is 0 Å². The molecule has 170 valence electrons. The quantitative estimate of drug-likeness (QED) is 0.179. The van der Waals surface area contributed by atoms with Gasteiger partial charge < -0.3 is 19.0 Å². The van der Waals surface area contributed by atoms with Gasteiger partial charge in [0.15, 0.2) is 0 Å². The van der Waals surface area contributed by atoms with Crippen LogP contribution in [0.15, 0.2) is 79.7 Å². The smallest absolute Gasteiger partial charge is 0.143 e. The van der Waals surface area contributed by atoms with Crippen LogP contribution in [0.3, 0.4) is 0 Å². The van der Waals surface area contributed by atoms with Crippen LogP contribution in [0.1, 0.15) is 5.56 Å². The molecule has 0 atom stereocenters. The third-order valence-electron chi connectivity index (χ3n) is 7.59. The van der Waals surface area contributed by atoms with Crippen molar-refractivity contribution < 1.29 is 13.3 Å². The number of benzene rings is 4. The summed E-state index contributed by atoms with van der Waals surface area (Å²) in [7, 11) is 0. The summed E-state index contributed by atoms with van der Waals surface area (Å²) in [4.78, 5) is 0. The normalized spacial score (nSPS) is 12.7. The molecule has 2 N–H and O–H groups in total. The molecule has 6 heteroatoms. The molecule has 9 rings (SSSR count). The fourth-order valence-corrected chi connectivity index (χ4v) is 8.15. The first-order valence-corrected chi connectivity index (χ1v) is 13.3. The zero-order valence-corrected chi connectivity index (χ0v) is 20.3. The molecule has 9 aromatic rings. The van der Waals surface area contributed by atoms with Crippen LogP contribution < -0.4 is 5.73 Å². The van der Waals surface area contributed by atoms with Crippen molar-refractivity contribution in [1.82, 2.24) is 0 Å². The maximum atomic E-state index is 7.03. The lowest BCUT2D eigenvalue weighted by Crippen LogP contribution is -1.96. The number of hydrogen-bond acceptors (Lipinski definition) is 6. The molecule has 0 spiro atoms. The summed E-state index contributed by atoms with van der Waals surface area (Å²) in [5, 5.41) is 16.4. The van der Waals surface area contributed by atoms with Crippen molar-refractivity contribution in [2.75, 3.05) is 5.73 Å². The summed E-state index contributed by atoms with van der Waals surface area (Å²) in [5.74, 6) is 0. The summed E-state index contributed by atoms with van der Waals surface area (Å²) >= 11 is 3.46. The molecule has 0 fully saturated rings. The first-order chi connectivity index (χ1) is 17.8. The molecular formula is C30H15NO3S2. The van der Waals surface area contributed by atoms with Gasteiger partial charge in [-0.2, -0.15) is 0 Å². The molecule has 0 aliphatic rings. The van der Waals surface area contributed by atoms with Crippen LogP contribution in [0.25, 0.3) is 91.5 Å². The van der Waals surface area contributed by atoms with Crippen molar-refractivity contribution >= 4 is 120 Å². The number of anilines is 1. The van der Waals surface area contributed by atoms with Crippen LogP contribution in [0.5, 0.6) is 0 Å². The summed E-state index contributed by atoms with van der Waals surface area (Å²) in [6.45, 7) is 4.07. The van der Waals surface area contributed by atoms with E-state index >= 15 is 0 Å². The first kappa shape index (κ1) is 19.0. The van der Waals surface area contributed by atoms with E-state index in [1.165, 1.54) is 25.6 Å². The van der Waals surface area contributed by atoms with Gasteiger partial charge in [-0.25, -0.2) is 0 Å². The fraction of sp³-hybridized carbons (Fsp3) is 0. The second-order valence-corrected chi connectivity index (χ2v) is 10.9. The minimum absolute atomic E-state index is 0.671. The van der Waals surface area contributed by atoms with Gasteiger partial charge in [0, 0.05) is 74.2 Å². The zero-order chi connectivity index (χ0) is 23.7. The molecule has 4 aromatic carbocycles. The van der Waals surface area contributed by atoms with Gasteiger partial charge in [0.05, 0.1) is 24.5 Å². The van der Waals surface area contributed by atoms with E-state index in [2.05, 4.69) is 41.6 Å². The van der Waals surface area contributed by atoms with Crippen LogP contribution >= 0.6 is 22.7 Å². The van der Waals surface area contributed by atoms with Crippen molar-refractivity contribution in [3.63, 3.8) is 0 Å². The number of thiophene rings is 2. The Morgan fingerprint density at radius 2 is 1.06 bits per heavy atom. The molecule has 0 bridgehead atoms. The molecule has 4 nitrogen and oxygen atoms in total. The van der Waals surface area contributed by atoms with E-state index in [9.17, 15) is 0 Å². The number of furan rings is 3. The SMILES string of the molecule is C=Cc1c(N)c2c(c3ccoc13)c1c3sccc3c3occc3c1c1c3sccc3c3occc3c21. The largest absolute Gasteiger partial charge is 0.464 e. The Bertz CT molecular complexity index is 2340. The van der Waals surface area contributed by atoms with Crippen molar-refractivity contribution in [3.05, 3.63) is 72.0 Å². The highest BCUT2D eigenvalue weighted by atomic mass is 32.1. The van der Waals surface area contributed by atoms with Gasteiger partial charge in [-0.05, 0) is 41.1 Å². The Labute approximate surface area is 210 Å². The lowest BCUT2D eigenvalue weighted by atomic mass is 9.86. The minimum Gasteiger partial charge on any atom is -0.464 e. The molecule has 5 aromatic heterocycles. The van der Waals surface area contributed by atoms with Gasteiger partial charge >= 0.3 is 0 Å². The lowest BCUT2D eigenvalue weighted by Gasteiger charge is -2.17. The Hall–Kier alpha value is -4.26. The lowest BCUT2D eigenvalue weighted by molar-refractivity contribution is 0.615.